The summed E-state index contributed by atoms with van der Waals surface area (Å²) in [7, 11) is 3.55. The summed E-state index contributed by atoms with van der Waals surface area (Å²) >= 11 is 0. The molecule has 0 bridgehead atoms. The van der Waals surface area contributed by atoms with Crippen molar-refractivity contribution in [3.63, 3.8) is 0 Å². The van der Waals surface area contributed by atoms with Crippen LogP contribution in [-0.2, 0) is 12.8 Å². The molecule has 0 aliphatic rings. The molecular formula is C13H17N3O2. The molecule has 96 valence electrons. The van der Waals surface area contributed by atoms with E-state index in [1.807, 2.05) is 31.3 Å². The lowest BCUT2D eigenvalue weighted by molar-refractivity contribution is 0.406. The third-order valence-electron chi connectivity index (χ3n) is 2.63. The minimum absolute atomic E-state index is 0.594. The van der Waals surface area contributed by atoms with E-state index >= 15 is 0 Å². The molecule has 0 aliphatic carbocycles. The predicted molar refractivity (Wildman–Crippen MR) is 67.7 cm³/mol. The maximum atomic E-state index is 5.57. The number of aromatic nitrogens is 2. The van der Waals surface area contributed by atoms with Gasteiger partial charge in [0.1, 0.15) is 5.75 Å². The van der Waals surface area contributed by atoms with Crippen LogP contribution in [0.4, 0.5) is 0 Å². The van der Waals surface area contributed by atoms with E-state index in [1.165, 1.54) is 0 Å². The van der Waals surface area contributed by atoms with Crippen molar-refractivity contribution in [2.45, 2.75) is 12.8 Å². The number of nitrogens with one attached hydrogen (secondary N) is 1. The van der Waals surface area contributed by atoms with Crippen molar-refractivity contribution >= 4 is 0 Å². The number of para-hydroxylation sites is 1. The summed E-state index contributed by atoms with van der Waals surface area (Å²) in [6.45, 7) is 0.830. The van der Waals surface area contributed by atoms with Crippen LogP contribution >= 0.6 is 0 Å². The van der Waals surface area contributed by atoms with Gasteiger partial charge in [-0.1, -0.05) is 18.2 Å². The molecule has 1 aromatic heterocycles. The Hall–Kier alpha value is -1.88. The van der Waals surface area contributed by atoms with Crippen LogP contribution in [0.5, 0.6) is 5.75 Å². The summed E-state index contributed by atoms with van der Waals surface area (Å²) in [5.41, 5.74) is 1.05. The highest BCUT2D eigenvalue weighted by atomic mass is 16.5. The molecule has 2 rings (SSSR count). The fourth-order valence-corrected chi connectivity index (χ4v) is 1.70. The van der Waals surface area contributed by atoms with Crippen LogP contribution in [0.25, 0.3) is 0 Å². The molecule has 2 aromatic rings. The van der Waals surface area contributed by atoms with Crippen LogP contribution < -0.4 is 10.1 Å². The summed E-state index contributed by atoms with van der Waals surface area (Å²) in [6.07, 6.45) is 1.34. The number of likely N-dealkylation sites (N-methyl/N-ethyl adjacent to an activating group) is 1. The van der Waals surface area contributed by atoms with Gasteiger partial charge < -0.3 is 14.5 Å². The van der Waals surface area contributed by atoms with Gasteiger partial charge in [-0.25, -0.2) is 0 Å². The molecule has 0 atom stereocenters. The fraction of sp³-hybridized carbons (Fsp3) is 0.385. The number of hydrogen-bond acceptors (Lipinski definition) is 5. The van der Waals surface area contributed by atoms with Crippen LogP contribution in [0.3, 0.4) is 0 Å². The van der Waals surface area contributed by atoms with Gasteiger partial charge in [-0.15, -0.1) is 10.2 Å². The first-order valence-electron chi connectivity index (χ1n) is 5.91. The van der Waals surface area contributed by atoms with E-state index in [1.54, 1.807) is 7.11 Å². The lowest BCUT2D eigenvalue weighted by Gasteiger charge is -2.05. The molecule has 5 heteroatoms. The van der Waals surface area contributed by atoms with Gasteiger partial charge in [-0.05, 0) is 13.1 Å². The molecule has 1 heterocycles. The molecule has 0 spiro atoms. The Bertz CT molecular complexity index is 496. The summed E-state index contributed by atoms with van der Waals surface area (Å²) in [6, 6.07) is 7.83. The van der Waals surface area contributed by atoms with Crippen molar-refractivity contribution < 1.29 is 9.15 Å². The number of benzene rings is 1. The molecule has 5 nitrogen and oxygen atoms in total. The molecule has 0 unspecified atom stereocenters. The third-order valence-corrected chi connectivity index (χ3v) is 2.63. The highest BCUT2D eigenvalue weighted by Crippen LogP contribution is 2.20. The zero-order valence-electron chi connectivity index (χ0n) is 10.6. The van der Waals surface area contributed by atoms with Crippen molar-refractivity contribution in [3.05, 3.63) is 41.6 Å². The van der Waals surface area contributed by atoms with Gasteiger partial charge in [-0.2, -0.15) is 0 Å². The van der Waals surface area contributed by atoms with Crippen LogP contribution in [0, 0.1) is 0 Å². The quantitative estimate of drug-likeness (QED) is 0.836. The first-order valence-corrected chi connectivity index (χ1v) is 5.91. The Kier molecular flexibility index (Phi) is 4.30. The monoisotopic (exact) mass is 247 g/mol. The van der Waals surface area contributed by atoms with Gasteiger partial charge in [-0.3, -0.25) is 0 Å². The topological polar surface area (TPSA) is 60.2 Å². The van der Waals surface area contributed by atoms with Gasteiger partial charge in [0.2, 0.25) is 11.8 Å². The minimum Gasteiger partial charge on any atom is -0.496 e. The smallest absolute Gasteiger partial charge is 0.221 e. The lowest BCUT2D eigenvalue weighted by Crippen LogP contribution is -2.10. The second-order valence-corrected chi connectivity index (χ2v) is 3.93. The average Bonchev–Trinajstić information content (AvgIpc) is 2.84. The van der Waals surface area contributed by atoms with Crippen molar-refractivity contribution in [3.8, 4) is 5.75 Å². The number of nitrogens with zero attached hydrogens (tertiary/aromatic N) is 2. The molecule has 0 radical (unpaired) electrons. The second kappa shape index (κ2) is 6.16. The van der Waals surface area contributed by atoms with E-state index in [0.717, 1.165) is 24.3 Å². The summed E-state index contributed by atoms with van der Waals surface area (Å²) in [4.78, 5) is 0. The third kappa shape index (κ3) is 3.07. The van der Waals surface area contributed by atoms with Crippen molar-refractivity contribution in [1.82, 2.24) is 15.5 Å². The molecule has 0 aliphatic heterocycles. The summed E-state index contributed by atoms with van der Waals surface area (Å²) < 4.78 is 10.9. The summed E-state index contributed by atoms with van der Waals surface area (Å²) in [5.74, 6) is 2.12. The molecule has 0 fully saturated rings. The standard InChI is InChI=1S/C13H17N3O2/c1-14-8-7-12-15-16-13(18-12)9-10-5-3-4-6-11(10)17-2/h3-6,14H,7-9H2,1-2H3. The van der Waals surface area contributed by atoms with E-state index in [2.05, 4.69) is 15.5 Å². The van der Waals surface area contributed by atoms with Crippen LogP contribution in [0.1, 0.15) is 17.3 Å². The molecule has 1 N–H and O–H groups in total. The zero-order chi connectivity index (χ0) is 12.8. The molecule has 0 saturated carbocycles. The first kappa shape index (κ1) is 12.6. The fourth-order valence-electron chi connectivity index (χ4n) is 1.70. The minimum atomic E-state index is 0.594. The Morgan fingerprint density at radius 2 is 2.00 bits per heavy atom. The average molecular weight is 247 g/mol. The van der Waals surface area contributed by atoms with E-state index in [4.69, 9.17) is 9.15 Å². The first-order chi connectivity index (χ1) is 8.83. The molecular weight excluding hydrogens is 230 g/mol. The number of ether oxygens (including phenoxy) is 1. The lowest BCUT2D eigenvalue weighted by atomic mass is 10.1. The largest absolute Gasteiger partial charge is 0.496 e. The zero-order valence-corrected chi connectivity index (χ0v) is 10.6. The van der Waals surface area contributed by atoms with Crippen molar-refractivity contribution in [2.75, 3.05) is 20.7 Å². The maximum absolute atomic E-state index is 5.57. The van der Waals surface area contributed by atoms with Gasteiger partial charge >= 0.3 is 0 Å². The SMILES string of the molecule is CNCCc1nnc(Cc2ccccc2OC)o1. The van der Waals surface area contributed by atoms with E-state index in [9.17, 15) is 0 Å². The second-order valence-electron chi connectivity index (χ2n) is 3.93. The Morgan fingerprint density at radius 1 is 1.22 bits per heavy atom. The van der Waals surface area contributed by atoms with E-state index < -0.39 is 0 Å². The van der Waals surface area contributed by atoms with Crippen molar-refractivity contribution in [1.29, 1.82) is 0 Å². The van der Waals surface area contributed by atoms with Gasteiger partial charge in [0.05, 0.1) is 13.5 Å². The number of rotatable bonds is 6. The molecule has 18 heavy (non-hydrogen) atoms. The normalized spacial score (nSPS) is 10.6. The number of methoxy groups -OCH3 is 1. The molecule has 1 aromatic carbocycles. The predicted octanol–water partition coefficient (Wildman–Crippen LogP) is 1.43. The summed E-state index contributed by atoms with van der Waals surface area (Å²) in [5, 5.41) is 11.1. The van der Waals surface area contributed by atoms with Gasteiger partial charge in [0.25, 0.3) is 0 Å². The Balaban J connectivity index is 2.06. The van der Waals surface area contributed by atoms with Crippen LogP contribution in [0.15, 0.2) is 28.7 Å². The Labute approximate surface area is 106 Å². The molecule has 0 saturated heterocycles. The van der Waals surface area contributed by atoms with Gasteiger partial charge in [0, 0.05) is 18.5 Å². The number of hydrogen-bond donors (Lipinski definition) is 1. The maximum Gasteiger partial charge on any atom is 0.221 e. The highest BCUT2D eigenvalue weighted by Gasteiger charge is 2.09. The van der Waals surface area contributed by atoms with Gasteiger partial charge in [0.15, 0.2) is 0 Å². The Morgan fingerprint density at radius 3 is 2.78 bits per heavy atom. The van der Waals surface area contributed by atoms with E-state index in [0.29, 0.717) is 18.2 Å². The van der Waals surface area contributed by atoms with Crippen LogP contribution in [-0.4, -0.2) is 30.9 Å². The molecule has 0 amide bonds. The van der Waals surface area contributed by atoms with Crippen LogP contribution in [0.2, 0.25) is 0 Å². The van der Waals surface area contributed by atoms with Crippen molar-refractivity contribution in [2.24, 2.45) is 0 Å². The highest BCUT2D eigenvalue weighted by molar-refractivity contribution is 5.34. The van der Waals surface area contributed by atoms with E-state index in [-0.39, 0.29) is 0 Å².